The minimum atomic E-state index is -0.630. The van der Waals surface area contributed by atoms with Crippen molar-refractivity contribution >= 4 is 34.6 Å². The van der Waals surface area contributed by atoms with E-state index in [1.807, 2.05) is 0 Å². The van der Waals surface area contributed by atoms with Gasteiger partial charge in [0.25, 0.3) is 0 Å². The Morgan fingerprint density at radius 3 is 2.71 bits per heavy atom. The van der Waals surface area contributed by atoms with Gasteiger partial charge in [-0.2, -0.15) is 0 Å². The number of fused-ring (bicyclic) bond motifs is 1. The van der Waals surface area contributed by atoms with Gasteiger partial charge in [0.1, 0.15) is 27.9 Å². The number of hydrogen-bond acceptors (Lipinski definition) is 7. The van der Waals surface area contributed by atoms with Gasteiger partial charge >= 0.3 is 5.88 Å². The zero-order valence-corrected chi connectivity index (χ0v) is 14.2. The first kappa shape index (κ1) is 17.3. The van der Waals surface area contributed by atoms with E-state index in [2.05, 4.69) is 15.0 Å². The normalized spacial score (nSPS) is 11.3. The van der Waals surface area contributed by atoms with E-state index in [0.717, 1.165) is 0 Å². The van der Waals surface area contributed by atoms with Gasteiger partial charge in [0.2, 0.25) is 0 Å². The molecular formula is C19H12FN5O3. The Labute approximate surface area is 157 Å². The number of anilines is 1. The van der Waals surface area contributed by atoms with Crippen molar-refractivity contribution in [3.05, 3.63) is 76.2 Å². The average Bonchev–Trinajstić information content (AvgIpc) is 3.15. The lowest BCUT2D eigenvalue weighted by Crippen LogP contribution is -1.99. The second kappa shape index (κ2) is 6.88. The molecule has 0 fully saturated rings. The van der Waals surface area contributed by atoms with Crippen LogP contribution in [0.25, 0.3) is 34.4 Å². The molecule has 4 rings (SSSR count). The van der Waals surface area contributed by atoms with Crippen LogP contribution < -0.4 is 5.73 Å². The van der Waals surface area contributed by atoms with Gasteiger partial charge in [-0.1, -0.05) is 0 Å². The van der Waals surface area contributed by atoms with Crippen molar-refractivity contribution in [1.82, 2.24) is 15.0 Å². The monoisotopic (exact) mass is 377 g/mol. The molecule has 0 amide bonds. The van der Waals surface area contributed by atoms with Crippen molar-refractivity contribution in [2.24, 2.45) is 0 Å². The van der Waals surface area contributed by atoms with E-state index in [1.54, 1.807) is 24.4 Å². The molecule has 0 saturated heterocycles. The lowest BCUT2D eigenvalue weighted by Gasteiger charge is -2.08. The van der Waals surface area contributed by atoms with E-state index >= 15 is 0 Å². The fraction of sp³-hybridized carbons (Fsp3) is 0. The zero-order chi connectivity index (χ0) is 19.7. The highest BCUT2D eigenvalue weighted by molar-refractivity contribution is 5.94. The average molecular weight is 377 g/mol. The van der Waals surface area contributed by atoms with Crippen molar-refractivity contribution in [3.63, 3.8) is 0 Å². The second-order valence-electron chi connectivity index (χ2n) is 5.80. The summed E-state index contributed by atoms with van der Waals surface area (Å²) in [5.41, 5.74) is 7.72. The molecule has 28 heavy (non-hydrogen) atoms. The summed E-state index contributed by atoms with van der Waals surface area (Å²) in [5.74, 6) is -0.309. The molecular weight excluding hydrogens is 365 g/mol. The third-order valence-corrected chi connectivity index (χ3v) is 3.93. The van der Waals surface area contributed by atoms with Crippen molar-refractivity contribution in [3.8, 4) is 11.4 Å². The summed E-state index contributed by atoms with van der Waals surface area (Å²) in [6.07, 6.45) is 4.58. The van der Waals surface area contributed by atoms with Gasteiger partial charge in [0.15, 0.2) is 5.82 Å². The van der Waals surface area contributed by atoms with Crippen LogP contribution in [-0.4, -0.2) is 19.9 Å². The summed E-state index contributed by atoms with van der Waals surface area (Å²) in [4.78, 5) is 23.2. The third-order valence-electron chi connectivity index (χ3n) is 3.93. The van der Waals surface area contributed by atoms with E-state index in [9.17, 15) is 14.5 Å². The lowest BCUT2D eigenvalue weighted by atomic mass is 10.1. The Balaban J connectivity index is 1.83. The van der Waals surface area contributed by atoms with Crippen LogP contribution in [0.1, 0.15) is 11.6 Å². The van der Waals surface area contributed by atoms with E-state index < -0.39 is 10.7 Å². The van der Waals surface area contributed by atoms with Gasteiger partial charge in [0, 0.05) is 17.6 Å². The van der Waals surface area contributed by atoms with Crippen LogP contribution in [0.2, 0.25) is 0 Å². The third kappa shape index (κ3) is 3.28. The maximum Gasteiger partial charge on any atom is 0.433 e. The van der Waals surface area contributed by atoms with Crippen LogP contribution in [0.3, 0.4) is 0 Å². The standard InChI is InChI=1S/C19H12FN5O3/c20-11-3-6-13-15(10-11)23-16(7-4-12-5-8-17(28-12)25(26)27)24-18(13)19-14(21)2-1-9-22-19/h1-10H,21H2. The molecule has 0 saturated carbocycles. The number of halogens is 1. The maximum absolute atomic E-state index is 13.7. The molecule has 3 aromatic heterocycles. The summed E-state index contributed by atoms with van der Waals surface area (Å²) in [5, 5.41) is 11.3. The predicted molar refractivity (Wildman–Crippen MR) is 101 cm³/mol. The molecule has 9 heteroatoms. The molecule has 0 unspecified atom stereocenters. The molecule has 2 N–H and O–H groups in total. The highest BCUT2D eigenvalue weighted by Crippen LogP contribution is 2.29. The van der Waals surface area contributed by atoms with Crippen molar-refractivity contribution in [1.29, 1.82) is 0 Å². The summed E-state index contributed by atoms with van der Waals surface area (Å²) >= 11 is 0. The number of hydrogen-bond donors (Lipinski definition) is 1. The van der Waals surface area contributed by atoms with Crippen molar-refractivity contribution in [2.75, 3.05) is 5.73 Å². The molecule has 0 spiro atoms. The molecule has 1 aromatic carbocycles. The number of benzene rings is 1. The number of nitrogens with two attached hydrogens (primary N) is 1. The smallest absolute Gasteiger partial charge is 0.401 e. The molecule has 0 bridgehead atoms. The number of aromatic nitrogens is 3. The highest BCUT2D eigenvalue weighted by Gasteiger charge is 2.14. The van der Waals surface area contributed by atoms with Crippen LogP contribution in [0.5, 0.6) is 0 Å². The van der Waals surface area contributed by atoms with E-state index in [-0.39, 0.29) is 17.5 Å². The van der Waals surface area contributed by atoms with Gasteiger partial charge in [-0.15, -0.1) is 0 Å². The quantitative estimate of drug-likeness (QED) is 0.420. The van der Waals surface area contributed by atoms with Crippen molar-refractivity contribution in [2.45, 2.75) is 0 Å². The molecule has 0 atom stereocenters. The molecule has 0 aliphatic rings. The van der Waals surface area contributed by atoms with E-state index in [0.29, 0.717) is 28.0 Å². The first-order chi connectivity index (χ1) is 13.5. The molecule has 138 valence electrons. The van der Waals surface area contributed by atoms with Gasteiger partial charge in [0.05, 0.1) is 17.3 Å². The van der Waals surface area contributed by atoms with Crippen LogP contribution in [0, 0.1) is 15.9 Å². The number of nitrogens with zero attached hydrogens (tertiary/aromatic N) is 4. The summed E-state index contributed by atoms with van der Waals surface area (Å²) in [7, 11) is 0. The molecule has 0 radical (unpaired) electrons. The zero-order valence-electron chi connectivity index (χ0n) is 14.2. The van der Waals surface area contributed by atoms with Gasteiger partial charge in [-0.05, 0) is 42.5 Å². The summed E-state index contributed by atoms with van der Waals surface area (Å²) in [6, 6.07) is 10.3. The first-order valence-corrected chi connectivity index (χ1v) is 8.12. The van der Waals surface area contributed by atoms with Gasteiger partial charge < -0.3 is 10.2 Å². The van der Waals surface area contributed by atoms with Crippen LogP contribution in [0.4, 0.5) is 16.0 Å². The number of nitrogen functional groups attached to an aromatic ring is 1. The van der Waals surface area contributed by atoms with Crippen LogP contribution in [0.15, 0.2) is 53.1 Å². The molecule has 4 aromatic rings. The van der Waals surface area contributed by atoms with Gasteiger partial charge in [-0.25, -0.2) is 14.4 Å². The molecule has 0 aliphatic carbocycles. The Kier molecular flexibility index (Phi) is 4.24. The SMILES string of the molecule is Nc1cccnc1-c1nc(C=Cc2ccc([N+](=O)[O-])o2)nc2cc(F)ccc12. The molecule has 3 heterocycles. The minimum absolute atomic E-state index is 0.247. The highest BCUT2D eigenvalue weighted by atomic mass is 19.1. The Bertz CT molecular complexity index is 1240. The van der Waals surface area contributed by atoms with E-state index in [1.165, 1.54) is 36.4 Å². The Morgan fingerprint density at radius 1 is 1.11 bits per heavy atom. The lowest BCUT2D eigenvalue weighted by molar-refractivity contribution is -0.402. The van der Waals surface area contributed by atoms with Crippen LogP contribution in [-0.2, 0) is 0 Å². The number of furan rings is 1. The minimum Gasteiger partial charge on any atom is -0.401 e. The fourth-order valence-electron chi connectivity index (χ4n) is 2.68. The number of nitro groups is 1. The summed E-state index contributed by atoms with van der Waals surface area (Å²) < 4.78 is 18.8. The predicted octanol–water partition coefficient (Wildman–Crippen LogP) is 4.08. The molecule has 0 aliphatic heterocycles. The topological polar surface area (TPSA) is 121 Å². The van der Waals surface area contributed by atoms with Gasteiger partial charge in [-0.3, -0.25) is 15.1 Å². The first-order valence-electron chi connectivity index (χ1n) is 8.12. The Morgan fingerprint density at radius 2 is 1.96 bits per heavy atom. The van der Waals surface area contributed by atoms with E-state index in [4.69, 9.17) is 10.2 Å². The second-order valence-corrected chi connectivity index (χ2v) is 5.80. The molecule has 8 nitrogen and oxygen atoms in total. The number of pyridine rings is 1. The number of rotatable bonds is 4. The van der Waals surface area contributed by atoms with Crippen LogP contribution >= 0.6 is 0 Å². The Hall–Kier alpha value is -4.14. The maximum atomic E-state index is 13.7. The van der Waals surface area contributed by atoms with Crippen molar-refractivity contribution < 1.29 is 13.7 Å². The summed E-state index contributed by atoms with van der Waals surface area (Å²) in [6.45, 7) is 0. The largest absolute Gasteiger partial charge is 0.433 e. The fourth-order valence-corrected chi connectivity index (χ4v) is 2.68.